The van der Waals surface area contributed by atoms with Crippen LogP contribution in [0.1, 0.15) is 13.8 Å². The zero-order chi connectivity index (χ0) is 22.1. The number of benzene rings is 1. The fourth-order valence-electron chi connectivity index (χ4n) is 3.52. The van der Waals surface area contributed by atoms with Gasteiger partial charge >= 0.3 is 0 Å². The normalized spacial score (nSPS) is 12.0. The highest BCUT2D eigenvalue weighted by atomic mass is 15.4. The van der Waals surface area contributed by atoms with Crippen molar-refractivity contribution in [3.63, 3.8) is 0 Å². The number of allylic oxidation sites excluding steroid dienone is 1. The first-order valence-electron chi connectivity index (χ1n) is 10.0. The van der Waals surface area contributed by atoms with Crippen molar-refractivity contribution in [2.24, 2.45) is 31.6 Å². The van der Waals surface area contributed by atoms with Crippen molar-refractivity contribution >= 4 is 28.4 Å². The highest BCUT2D eigenvalue weighted by Gasteiger charge is 2.19. The van der Waals surface area contributed by atoms with Crippen LogP contribution < -0.4 is 21.9 Å². The molecule has 0 fully saturated rings. The lowest BCUT2D eigenvalue weighted by atomic mass is 10.1. The van der Waals surface area contributed by atoms with Crippen LogP contribution in [0.5, 0.6) is 0 Å². The van der Waals surface area contributed by atoms with Crippen molar-refractivity contribution in [1.29, 1.82) is 0 Å². The Balaban J connectivity index is 1.76. The summed E-state index contributed by atoms with van der Waals surface area (Å²) in [4.78, 5) is 4.74. The molecule has 0 spiro atoms. The van der Waals surface area contributed by atoms with Gasteiger partial charge in [-0.15, -0.1) is 0 Å². The van der Waals surface area contributed by atoms with Gasteiger partial charge in [0.15, 0.2) is 5.65 Å². The Morgan fingerprint density at radius 1 is 1.13 bits per heavy atom. The van der Waals surface area contributed by atoms with Crippen LogP contribution in [-0.2, 0) is 14.1 Å². The van der Waals surface area contributed by atoms with E-state index in [0.717, 1.165) is 33.8 Å². The van der Waals surface area contributed by atoms with Crippen LogP contribution >= 0.6 is 0 Å². The second-order valence-electron chi connectivity index (χ2n) is 7.68. The van der Waals surface area contributed by atoms with E-state index in [4.69, 9.17) is 16.6 Å². The van der Waals surface area contributed by atoms with E-state index in [9.17, 15) is 0 Å². The van der Waals surface area contributed by atoms with Crippen LogP contribution in [-0.4, -0.2) is 24.5 Å². The number of hydrazine groups is 1. The maximum atomic E-state index is 6.47. The van der Waals surface area contributed by atoms with Crippen molar-refractivity contribution in [3.8, 4) is 11.3 Å². The zero-order valence-electron chi connectivity index (χ0n) is 18.1. The molecule has 9 heteroatoms. The molecule has 31 heavy (non-hydrogen) atoms. The molecule has 5 N–H and O–H groups in total. The first kappa shape index (κ1) is 20.4. The van der Waals surface area contributed by atoms with Gasteiger partial charge in [0.05, 0.1) is 28.7 Å². The van der Waals surface area contributed by atoms with Crippen LogP contribution in [0.15, 0.2) is 60.6 Å². The molecule has 0 aliphatic rings. The van der Waals surface area contributed by atoms with Gasteiger partial charge in [-0.3, -0.25) is 14.4 Å². The molecule has 0 atom stereocenters. The molecule has 0 radical (unpaired) electrons. The monoisotopic (exact) mass is 417 g/mol. The maximum absolute atomic E-state index is 6.47. The molecule has 0 aliphatic carbocycles. The number of nitrogens with two attached hydrogens (primary N) is 2. The third-order valence-corrected chi connectivity index (χ3v) is 5.19. The summed E-state index contributed by atoms with van der Waals surface area (Å²) in [5.41, 5.74) is 10.0. The smallest absolute Gasteiger partial charge is 0.162 e. The number of rotatable bonds is 6. The molecule has 0 bridgehead atoms. The highest BCUT2D eigenvalue weighted by Crippen LogP contribution is 2.32. The fourth-order valence-corrected chi connectivity index (χ4v) is 3.52. The third-order valence-electron chi connectivity index (χ3n) is 5.19. The van der Waals surface area contributed by atoms with Crippen LogP contribution in [0.2, 0.25) is 0 Å². The standard InChI is InChI=1S/C22H27N9/c1-14(2)19(12-23)31(24)18-11-20(27-22-16(18)13-25-30(22)4)26-21-10-17(28-29(21)3)15-8-6-5-7-9-15/h5-14H,23-24H2,1-4H3,(H,26,27)/b19-12-. The van der Waals surface area contributed by atoms with Crippen molar-refractivity contribution in [3.05, 3.63) is 60.6 Å². The van der Waals surface area contributed by atoms with Gasteiger partial charge in [-0.05, 0) is 5.92 Å². The average Bonchev–Trinajstić information content (AvgIpc) is 3.31. The van der Waals surface area contributed by atoms with Crippen molar-refractivity contribution in [2.45, 2.75) is 13.8 Å². The van der Waals surface area contributed by atoms with E-state index in [1.807, 2.05) is 70.4 Å². The molecule has 0 saturated heterocycles. The first-order valence-corrected chi connectivity index (χ1v) is 10.0. The van der Waals surface area contributed by atoms with E-state index in [1.165, 1.54) is 6.20 Å². The molecule has 0 saturated carbocycles. The van der Waals surface area contributed by atoms with Crippen LogP contribution in [0.3, 0.4) is 0 Å². The average molecular weight is 418 g/mol. The van der Waals surface area contributed by atoms with Gasteiger partial charge < -0.3 is 11.1 Å². The van der Waals surface area contributed by atoms with Gasteiger partial charge in [-0.1, -0.05) is 44.2 Å². The van der Waals surface area contributed by atoms with Gasteiger partial charge in [0.2, 0.25) is 0 Å². The Hall–Kier alpha value is -3.85. The Morgan fingerprint density at radius 2 is 1.87 bits per heavy atom. The number of pyridine rings is 1. The lowest BCUT2D eigenvalue weighted by molar-refractivity contribution is 0.715. The SMILES string of the molecule is CC(C)/C(=C/N)N(N)c1cc(Nc2cc(-c3ccccc3)nn2C)nc2c1cnn2C. The van der Waals surface area contributed by atoms with Gasteiger partial charge in [-0.2, -0.15) is 10.2 Å². The Bertz CT molecular complexity index is 1230. The summed E-state index contributed by atoms with van der Waals surface area (Å²) in [6, 6.07) is 13.9. The van der Waals surface area contributed by atoms with E-state index in [2.05, 4.69) is 15.5 Å². The number of hydrogen-bond donors (Lipinski definition) is 3. The lowest BCUT2D eigenvalue weighted by Crippen LogP contribution is -2.33. The number of nitrogens with one attached hydrogen (secondary N) is 1. The van der Waals surface area contributed by atoms with Crippen molar-refractivity contribution in [2.75, 3.05) is 10.3 Å². The summed E-state index contributed by atoms with van der Waals surface area (Å²) in [6.45, 7) is 4.08. The number of nitrogens with zero attached hydrogens (tertiary/aromatic N) is 6. The Kier molecular flexibility index (Phi) is 5.35. The van der Waals surface area contributed by atoms with E-state index < -0.39 is 0 Å². The van der Waals surface area contributed by atoms with E-state index in [-0.39, 0.29) is 5.92 Å². The molecule has 0 amide bonds. The van der Waals surface area contributed by atoms with Crippen LogP contribution in [0.25, 0.3) is 22.3 Å². The summed E-state index contributed by atoms with van der Waals surface area (Å²) in [5.74, 6) is 8.06. The number of anilines is 3. The third kappa shape index (κ3) is 3.82. The minimum absolute atomic E-state index is 0.150. The number of aromatic nitrogens is 5. The molecule has 1 aromatic carbocycles. The second-order valence-corrected chi connectivity index (χ2v) is 7.68. The first-order chi connectivity index (χ1) is 14.9. The summed E-state index contributed by atoms with van der Waals surface area (Å²) < 4.78 is 3.51. The largest absolute Gasteiger partial charge is 0.403 e. The number of fused-ring (bicyclic) bond motifs is 1. The Morgan fingerprint density at radius 3 is 2.55 bits per heavy atom. The number of aryl methyl sites for hydroxylation is 2. The topological polar surface area (TPSA) is 116 Å². The minimum Gasteiger partial charge on any atom is -0.403 e. The lowest BCUT2D eigenvalue weighted by Gasteiger charge is -2.25. The van der Waals surface area contributed by atoms with Crippen molar-refractivity contribution < 1.29 is 0 Å². The molecule has 0 aliphatic heterocycles. The van der Waals surface area contributed by atoms with Gasteiger partial charge in [-0.25, -0.2) is 10.8 Å². The van der Waals surface area contributed by atoms with Crippen molar-refractivity contribution in [1.82, 2.24) is 24.5 Å². The van der Waals surface area contributed by atoms with Gasteiger partial charge in [0.1, 0.15) is 11.6 Å². The molecule has 0 unspecified atom stereocenters. The van der Waals surface area contributed by atoms with Crippen LogP contribution in [0.4, 0.5) is 17.3 Å². The summed E-state index contributed by atoms with van der Waals surface area (Å²) in [5, 5.41) is 14.8. The van der Waals surface area contributed by atoms with E-state index >= 15 is 0 Å². The predicted molar refractivity (Wildman–Crippen MR) is 124 cm³/mol. The number of hydrogen-bond acceptors (Lipinski definition) is 7. The molecule has 160 valence electrons. The second kappa shape index (κ2) is 8.11. The summed E-state index contributed by atoms with van der Waals surface area (Å²) in [6.07, 6.45) is 3.29. The van der Waals surface area contributed by atoms with Gasteiger partial charge in [0, 0.05) is 38.0 Å². The molecule has 3 aromatic heterocycles. The maximum Gasteiger partial charge on any atom is 0.162 e. The quantitative estimate of drug-likeness (QED) is 0.326. The fraction of sp³-hybridized carbons (Fsp3) is 0.227. The van der Waals surface area contributed by atoms with Crippen LogP contribution in [0, 0.1) is 5.92 Å². The molecule has 3 heterocycles. The molecular formula is C22H27N9. The minimum atomic E-state index is 0.150. The summed E-state index contributed by atoms with van der Waals surface area (Å²) in [7, 11) is 3.74. The predicted octanol–water partition coefficient (Wildman–Crippen LogP) is 3.25. The Labute approximate surface area is 180 Å². The zero-order valence-corrected chi connectivity index (χ0v) is 18.1. The highest BCUT2D eigenvalue weighted by molar-refractivity contribution is 5.92. The molecular weight excluding hydrogens is 390 g/mol. The molecule has 4 aromatic rings. The van der Waals surface area contributed by atoms with E-state index in [1.54, 1.807) is 20.6 Å². The molecule has 4 rings (SSSR count). The van der Waals surface area contributed by atoms with E-state index in [0.29, 0.717) is 11.5 Å². The summed E-state index contributed by atoms with van der Waals surface area (Å²) >= 11 is 0. The van der Waals surface area contributed by atoms with Gasteiger partial charge in [0.25, 0.3) is 0 Å². The molecule has 9 nitrogen and oxygen atoms in total.